The maximum atomic E-state index is 13.9. The monoisotopic (exact) mass is 444 g/mol. The quantitative estimate of drug-likeness (QED) is 0.232. The van der Waals surface area contributed by atoms with Crippen molar-refractivity contribution in [3.63, 3.8) is 0 Å². The summed E-state index contributed by atoms with van der Waals surface area (Å²) in [5.74, 6) is -1.10. The van der Waals surface area contributed by atoms with Gasteiger partial charge < -0.3 is 19.5 Å². The first-order valence-corrected chi connectivity index (χ1v) is 11.5. The van der Waals surface area contributed by atoms with Gasteiger partial charge in [0.15, 0.2) is 5.78 Å². The van der Waals surface area contributed by atoms with Crippen LogP contribution in [0.4, 0.5) is 11.4 Å². The molecule has 0 bridgehead atoms. The first-order chi connectivity index (χ1) is 14.8. The molecule has 1 unspecified atom stereocenters. The van der Waals surface area contributed by atoms with E-state index in [1.807, 2.05) is 24.3 Å². The van der Waals surface area contributed by atoms with Gasteiger partial charge in [-0.1, -0.05) is 30.3 Å². The first kappa shape index (κ1) is 22.7. The molecule has 0 fully saturated rings. The molecule has 31 heavy (non-hydrogen) atoms. The van der Waals surface area contributed by atoms with E-state index in [0.717, 1.165) is 5.39 Å². The molecule has 0 radical (unpaired) electrons. The summed E-state index contributed by atoms with van der Waals surface area (Å²) in [7, 11) is -3.80. The summed E-state index contributed by atoms with van der Waals surface area (Å²) in [6, 6.07) is 15.1. The molecular formula is C22H25N2O6P. The fraction of sp³-hybridized carbons (Fsp3) is 0.273. The van der Waals surface area contributed by atoms with Gasteiger partial charge in [-0.25, -0.2) is 0 Å². The molecule has 0 aliphatic heterocycles. The van der Waals surface area contributed by atoms with E-state index in [9.17, 15) is 19.8 Å². The molecule has 0 spiro atoms. The number of anilines is 1. The Labute approximate surface area is 180 Å². The average molecular weight is 444 g/mol. The van der Waals surface area contributed by atoms with Gasteiger partial charge in [0.05, 0.1) is 18.1 Å². The number of nitro groups is 1. The molecule has 2 N–H and O–H groups in total. The van der Waals surface area contributed by atoms with Gasteiger partial charge >= 0.3 is 7.60 Å². The van der Waals surface area contributed by atoms with Crippen LogP contribution in [0.15, 0.2) is 54.6 Å². The third-order valence-corrected chi connectivity index (χ3v) is 7.12. The van der Waals surface area contributed by atoms with Gasteiger partial charge in [-0.3, -0.25) is 14.7 Å². The summed E-state index contributed by atoms with van der Waals surface area (Å²) >= 11 is 0. The fourth-order valence-corrected chi connectivity index (χ4v) is 5.47. The number of nitro benzene ring substituents is 1. The molecule has 0 heterocycles. The van der Waals surface area contributed by atoms with Crippen molar-refractivity contribution in [2.45, 2.75) is 26.6 Å². The number of aryl methyl sites for hydroxylation is 1. The van der Waals surface area contributed by atoms with E-state index in [-0.39, 0.29) is 24.7 Å². The Hall–Kier alpha value is -2.93. The second-order valence-corrected chi connectivity index (χ2v) is 9.01. The molecule has 3 aromatic rings. The van der Waals surface area contributed by atoms with Crippen molar-refractivity contribution in [3.05, 3.63) is 75.8 Å². The van der Waals surface area contributed by atoms with Crippen molar-refractivity contribution in [1.29, 1.82) is 0 Å². The Morgan fingerprint density at radius 2 is 1.77 bits per heavy atom. The minimum absolute atomic E-state index is 0.0505. The maximum Gasteiger partial charge on any atom is 0.357 e. The Morgan fingerprint density at radius 1 is 1.10 bits per heavy atom. The van der Waals surface area contributed by atoms with Crippen LogP contribution in [0.3, 0.4) is 0 Å². The van der Waals surface area contributed by atoms with Gasteiger partial charge in [0, 0.05) is 23.4 Å². The summed E-state index contributed by atoms with van der Waals surface area (Å²) in [4.78, 5) is 10.6. The number of aromatic hydroxyl groups is 1. The van der Waals surface area contributed by atoms with E-state index in [1.165, 1.54) is 18.2 Å². The van der Waals surface area contributed by atoms with Crippen LogP contribution in [0, 0.1) is 17.0 Å². The molecule has 8 nitrogen and oxygen atoms in total. The standard InChI is InChI=1S/C22H25N2O6P/c1-4-29-31(28,30-5-2)22(23-19-12-11-17(24(26)27)14-15(19)3)21-18-9-7-6-8-16(18)10-13-20(21)25/h6-14,22-23,25H,4-5H2,1-3H3. The van der Waals surface area contributed by atoms with Gasteiger partial charge in [0.25, 0.3) is 5.69 Å². The minimum atomic E-state index is -3.80. The Balaban J connectivity index is 2.21. The predicted molar refractivity (Wildman–Crippen MR) is 121 cm³/mol. The topological polar surface area (TPSA) is 111 Å². The van der Waals surface area contributed by atoms with Gasteiger partial charge in [0.1, 0.15) is 5.75 Å². The number of rotatable bonds is 9. The number of hydrogen-bond acceptors (Lipinski definition) is 7. The summed E-state index contributed by atoms with van der Waals surface area (Å²) in [5.41, 5.74) is 1.42. The SMILES string of the molecule is CCOP(=O)(OCC)C(Nc1ccc([N+](=O)[O-])cc1C)c1c(O)ccc2ccccc12. The van der Waals surface area contributed by atoms with Gasteiger partial charge in [-0.05, 0) is 49.2 Å². The smallest absolute Gasteiger partial charge is 0.357 e. The average Bonchev–Trinajstić information content (AvgIpc) is 2.73. The van der Waals surface area contributed by atoms with Crippen molar-refractivity contribution in [1.82, 2.24) is 0 Å². The van der Waals surface area contributed by atoms with Crippen LogP contribution in [-0.2, 0) is 13.6 Å². The van der Waals surface area contributed by atoms with Crippen LogP contribution >= 0.6 is 7.60 Å². The normalized spacial score (nSPS) is 12.6. The van der Waals surface area contributed by atoms with Crippen LogP contribution in [-0.4, -0.2) is 23.2 Å². The Kier molecular flexibility index (Phi) is 6.95. The summed E-state index contributed by atoms with van der Waals surface area (Å²) in [5, 5.41) is 26.6. The van der Waals surface area contributed by atoms with E-state index in [2.05, 4.69) is 5.32 Å². The summed E-state index contributed by atoms with van der Waals surface area (Å²) in [6.45, 7) is 5.41. The molecule has 1 atom stereocenters. The number of hydrogen-bond donors (Lipinski definition) is 2. The molecule has 9 heteroatoms. The van der Waals surface area contributed by atoms with Crippen molar-refractivity contribution in [3.8, 4) is 5.75 Å². The second kappa shape index (κ2) is 9.47. The third kappa shape index (κ3) is 4.71. The van der Waals surface area contributed by atoms with Gasteiger partial charge in [0.2, 0.25) is 0 Å². The van der Waals surface area contributed by atoms with E-state index < -0.39 is 18.3 Å². The molecular weight excluding hydrogens is 419 g/mol. The van der Waals surface area contributed by atoms with Crippen LogP contribution in [0.5, 0.6) is 5.75 Å². The summed E-state index contributed by atoms with van der Waals surface area (Å²) in [6.07, 6.45) is 0. The van der Waals surface area contributed by atoms with Crippen molar-refractivity contribution in [2.24, 2.45) is 0 Å². The van der Waals surface area contributed by atoms with Crippen LogP contribution in [0.25, 0.3) is 10.8 Å². The highest BCUT2D eigenvalue weighted by atomic mass is 31.2. The molecule has 0 saturated carbocycles. The minimum Gasteiger partial charge on any atom is -0.508 e. The predicted octanol–water partition coefficient (Wildman–Crippen LogP) is 6.14. The Morgan fingerprint density at radius 3 is 2.39 bits per heavy atom. The zero-order valence-corrected chi connectivity index (χ0v) is 18.5. The molecule has 0 amide bonds. The molecule has 0 saturated heterocycles. The number of non-ortho nitro benzene ring substituents is 1. The Bertz CT molecular complexity index is 1140. The van der Waals surface area contributed by atoms with Crippen molar-refractivity contribution >= 4 is 29.7 Å². The van der Waals surface area contributed by atoms with E-state index in [1.54, 1.807) is 32.9 Å². The van der Waals surface area contributed by atoms with Crippen LogP contribution < -0.4 is 5.32 Å². The van der Waals surface area contributed by atoms with Crippen molar-refractivity contribution < 1.29 is 23.6 Å². The third-order valence-electron chi connectivity index (χ3n) is 4.87. The first-order valence-electron chi connectivity index (χ1n) is 9.91. The second-order valence-electron chi connectivity index (χ2n) is 6.90. The fourth-order valence-electron chi connectivity index (χ4n) is 3.50. The lowest BCUT2D eigenvalue weighted by molar-refractivity contribution is -0.384. The zero-order valence-electron chi connectivity index (χ0n) is 17.6. The maximum absolute atomic E-state index is 13.9. The van der Waals surface area contributed by atoms with E-state index in [0.29, 0.717) is 22.2 Å². The molecule has 164 valence electrons. The summed E-state index contributed by atoms with van der Waals surface area (Å²) < 4.78 is 25.1. The number of phenolic OH excluding ortho intramolecular Hbond substituents is 1. The molecule has 0 aliphatic rings. The largest absolute Gasteiger partial charge is 0.508 e. The zero-order chi connectivity index (χ0) is 22.6. The number of benzene rings is 3. The number of phenols is 1. The highest BCUT2D eigenvalue weighted by Gasteiger charge is 2.40. The molecule has 3 rings (SSSR count). The van der Waals surface area contributed by atoms with Gasteiger partial charge in [-0.15, -0.1) is 0 Å². The molecule has 0 aromatic heterocycles. The molecule has 0 aliphatic carbocycles. The van der Waals surface area contributed by atoms with Crippen molar-refractivity contribution in [2.75, 3.05) is 18.5 Å². The lowest BCUT2D eigenvalue weighted by atomic mass is 10.0. The van der Waals surface area contributed by atoms with E-state index >= 15 is 0 Å². The number of fused-ring (bicyclic) bond motifs is 1. The van der Waals surface area contributed by atoms with Gasteiger partial charge in [-0.2, -0.15) is 0 Å². The lowest BCUT2D eigenvalue weighted by Gasteiger charge is -2.30. The number of nitrogens with one attached hydrogen (secondary N) is 1. The highest BCUT2D eigenvalue weighted by Crippen LogP contribution is 2.63. The van der Waals surface area contributed by atoms with E-state index in [4.69, 9.17) is 9.05 Å². The highest BCUT2D eigenvalue weighted by molar-refractivity contribution is 7.54. The van der Waals surface area contributed by atoms with Crippen LogP contribution in [0.2, 0.25) is 0 Å². The molecule has 3 aromatic carbocycles. The lowest BCUT2D eigenvalue weighted by Crippen LogP contribution is -2.16. The number of nitrogens with zero attached hydrogens (tertiary/aromatic N) is 1. The van der Waals surface area contributed by atoms with Crippen LogP contribution in [0.1, 0.15) is 30.8 Å².